The van der Waals surface area contributed by atoms with Gasteiger partial charge in [-0.25, -0.2) is 0 Å². The number of methoxy groups -OCH3 is 1. The maximum absolute atomic E-state index is 11.7. The molecular weight excluding hydrogens is 292 g/mol. The Kier molecular flexibility index (Phi) is 7.17. The molecule has 1 aromatic rings. The van der Waals surface area contributed by atoms with E-state index < -0.39 is 0 Å². The summed E-state index contributed by atoms with van der Waals surface area (Å²) < 4.78 is 5.20. The molecule has 23 heavy (non-hydrogen) atoms. The zero-order valence-corrected chi connectivity index (χ0v) is 13.6. The molecule has 0 bridgehead atoms. The van der Waals surface area contributed by atoms with Gasteiger partial charge in [-0.05, 0) is 44.2 Å². The quantitative estimate of drug-likeness (QED) is 0.455. The maximum Gasteiger partial charge on any atom is 0.260 e. The van der Waals surface area contributed by atoms with E-state index in [2.05, 4.69) is 16.5 Å². The lowest BCUT2D eigenvalue weighted by Gasteiger charge is -2.12. The molecule has 5 nitrogen and oxygen atoms in total. The van der Waals surface area contributed by atoms with Gasteiger partial charge < -0.3 is 14.9 Å². The van der Waals surface area contributed by atoms with Crippen molar-refractivity contribution in [3.8, 4) is 5.75 Å². The Morgan fingerprint density at radius 3 is 3.00 bits per heavy atom. The van der Waals surface area contributed by atoms with Gasteiger partial charge in [0.25, 0.3) is 5.91 Å². The third-order valence-corrected chi connectivity index (χ3v) is 3.75. The Morgan fingerprint density at radius 1 is 1.35 bits per heavy atom. The molecule has 2 rings (SSSR count). The van der Waals surface area contributed by atoms with Gasteiger partial charge in [0.2, 0.25) is 0 Å². The van der Waals surface area contributed by atoms with E-state index >= 15 is 0 Å². The van der Waals surface area contributed by atoms with E-state index in [-0.39, 0.29) is 12.5 Å². The first-order valence-electron chi connectivity index (χ1n) is 8.02. The van der Waals surface area contributed by atoms with Crippen molar-refractivity contribution in [3.63, 3.8) is 0 Å². The van der Waals surface area contributed by atoms with Crippen molar-refractivity contribution in [3.05, 3.63) is 41.5 Å². The third-order valence-electron chi connectivity index (χ3n) is 3.75. The summed E-state index contributed by atoms with van der Waals surface area (Å²) in [6.45, 7) is 0.578. The fraction of sp³-hybridized carbons (Fsp3) is 0.444. The van der Waals surface area contributed by atoms with Crippen LogP contribution >= 0.6 is 0 Å². The fourth-order valence-corrected chi connectivity index (χ4v) is 2.51. The Morgan fingerprint density at radius 2 is 2.22 bits per heavy atom. The zero-order chi connectivity index (χ0) is 16.3. The molecule has 5 heteroatoms. The highest BCUT2D eigenvalue weighted by Crippen LogP contribution is 2.19. The molecule has 0 atom stereocenters. The average molecular weight is 316 g/mol. The normalized spacial score (nSPS) is 14.4. The summed E-state index contributed by atoms with van der Waals surface area (Å²) in [6.07, 6.45) is 9.65. The number of ether oxygens (including phenoxy) is 1. The first-order valence-corrected chi connectivity index (χ1v) is 8.02. The number of para-hydroxylation sites is 1. The van der Waals surface area contributed by atoms with Gasteiger partial charge in [-0.1, -0.05) is 28.9 Å². The van der Waals surface area contributed by atoms with E-state index in [1.54, 1.807) is 13.3 Å². The van der Waals surface area contributed by atoms with Gasteiger partial charge in [0, 0.05) is 12.1 Å². The highest BCUT2D eigenvalue weighted by molar-refractivity contribution is 5.83. The van der Waals surface area contributed by atoms with Crippen LogP contribution in [0, 0.1) is 0 Å². The lowest BCUT2D eigenvalue weighted by Crippen LogP contribution is -2.28. The molecule has 124 valence electrons. The molecule has 0 saturated heterocycles. The second kappa shape index (κ2) is 9.66. The first kappa shape index (κ1) is 17.1. The standard InChI is InChI=1S/C18H24N2O3/c1-22-17-10-6-5-9-16(17)13-20-23-14-18(21)19-12-11-15-7-3-2-4-8-15/h5-7,9-10,13H,2-4,8,11-12,14H2,1H3,(H,19,21)/b20-13-. The Bertz CT molecular complexity index is 567. The second-order valence-corrected chi connectivity index (χ2v) is 5.46. The van der Waals surface area contributed by atoms with Crippen molar-refractivity contribution in [2.24, 2.45) is 5.16 Å². The molecule has 1 N–H and O–H groups in total. The number of hydrogen-bond donors (Lipinski definition) is 1. The lowest BCUT2D eigenvalue weighted by atomic mass is 9.97. The van der Waals surface area contributed by atoms with Crippen LogP contribution in [0.4, 0.5) is 0 Å². The molecule has 1 aliphatic carbocycles. The summed E-state index contributed by atoms with van der Waals surface area (Å²) in [5.74, 6) is 0.559. The van der Waals surface area contributed by atoms with Gasteiger partial charge in [0.15, 0.2) is 6.61 Å². The van der Waals surface area contributed by atoms with E-state index in [0.717, 1.165) is 18.4 Å². The summed E-state index contributed by atoms with van der Waals surface area (Å²) in [6, 6.07) is 7.47. The van der Waals surface area contributed by atoms with Gasteiger partial charge in [-0.2, -0.15) is 0 Å². The van der Waals surface area contributed by atoms with Crippen molar-refractivity contribution in [1.82, 2.24) is 5.32 Å². The number of amides is 1. The number of benzene rings is 1. The predicted molar refractivity (Wildman–Crippen MR) is 90.7 cm³/mol. The van der Waals surface area contributed by atoms with E-state index in [1.807, 2.05) is 24.3 Å². The number of hydrogen-bond acceptors (Lipinski definition) is 4. The molecule has 0 spiro atoms. The Hall–Kier alpha value is -2.30. The van der Waals surface area contributed by atoms with E-state index in [0.29, 0.717) is 12.3 Å². The van der Waals surface area contributed by atoms with Crippen LogP contribution in [0.2, 0.25) is 0 Å². The van der Waals surface area contributed by atoms with Gasteiger partial charge in [0.1, 0.15) is 5.75 Å². The van der Waals surface area contributed by atoms with E-state index in [9.17, 15) is 4.79 Å². The molecule has 1 aliphatic rings. The fourth-order valence-electron chi connectivity index (χ4n) is 2.51. The topological polar surface area (TPSA) is 59.9 Å². The molecule has 0 heterocycles. The van der Waals surface area contributed by atoms with Crippen LogP contribution < -0.4 is 10.1 Å². The Balaban J connectivity index is 1.64. The summed E-state index contributed by atoms with van der Waals surface area (Å²) in [7, 11) is 1.60. The van der Waals surface area contributed by atoms with Crippen molar-refractivity contribution in [2.75, 3.05) is 20.3 Å². The van der Waals surface area contributed by atoms with Crippen molar-refractivity contribution >= 4 is 12.1 Å². The number of nitrogens with one attached hydrogen (secondary N) is 1. The average Bonchev–Trinajstić information content (AvgIpc) is 2.60. The van der Waals surface area contributed by atoms with Gasteiger partial charge in [0.05, 0.1) is 13.3 Å². The largest absolute Gasteiger partial charge is 0.496 e. The number of oxime groups is 1. The van der Waals surface area contributed by atoms with Crippen LogP contribution in [-0.2, 0) is 9.63 Å². The molecule has 0 radical (unpaired) electrons. The minimum absolute atomic E-state index is 0.0787. The summed E-state index contributed by atoms with van der Waals surface area (Å²) in [5.41, 5.74) is 2.26. The van der Waals surface area contributed by atoms with Gasteiger partial charge in [-0.15, -0.1) is 0 Å². The lowest BCUT2D eigenvalue weighted by molar-refractivity contribution is -0.125. The van der Waals surface area contributed by atoms with E-state index in [1.165, 1.54) is 24.8 Å². The third kappa shape index (κ3) is 6.14. The highest BCUT2D eigenvalue weighted by Gasteiger charge is 2.05. The minimum Gasteiger partial charge on any atom is -0.496 e. The van der Waals surface area contributed by atoms with Crippen molar-refractivity contribution in [2.45, 2.75) is 32.1 Å². The van der Waals surface area contributed by atoms with Crippen LogP contribution in [-0.4, -0.2) is 32.4 Å². The van der Waals surface area contributed by atoms with Crippen LogP contribution in [0.1, 0.15) is 37.7 Å². The molecule has 0 fully saturated rings. The SMILES string of the molecule is COc1ccccc1/C=N\OCC(=O)NCCC1=CCCCC1. The van der Waals surface area contributed by atoms with Crippen LogP contribution in [0.25, 0.3) is 0 Å². The molecule has 0 unspecified atom stereocenters. The van der Waals surface area contributed by atoms with Crippen molar-refractivity contribution < 1.29 is 14.4 Å². The number of carbonyl (C=O) groups is 1. The molecule has 1 amide bonds. The number of rotatable bonds is 8. The predicted octanol–water partition coefficient (Wildman–Crippen LogP) is 3.05. The molecule has 0 aliphatic heterocycles. The van der Waals surface area contributed by atoms with Crippen LogP contribution in [0.5, 0.6) is 5.75 Å². The molecule has 0 saturated carbocycles. The summed E-state index contributed by atoms with van der Waals surface area (Å²) >= 11 is 0. The minimum atomic E-state index is -0.154. The van der Waals surface area contributed by atoms with Crippen LogP contribution in [0.3, 0.4) is 0 Å². The van der Waals surface area contributed by atoms with Gasteiger partial charge in [-0.3, -0.25) is 4.79 Å². The second-order valence-electron chi connectivity index (χ2n) is 5.46. The molecular formula is C18H24N2O3. The van der Waals surface area contributed by atoms with E-state index in [4.69, 9.17) is 9.57 Å². The zero-order valence-electron chi connectivity index (χ0n) is 13.6. The Labute approximate surface area is 137 Å². The highest BCUT2D eigenvalue weighted by atomic mass is 16.6. The molecule has 0 aromatic heterocycles. The summed E-state index contributed by atoms with van der Waals surface area (Å²) in [4.78, 5) is 16.7. The van der Waals surface area contributed by atoms with Gasteiger partial charge >= 0.3 is 0 Å². The molecule has 1 aromatic carbocycles. The number of nitrogens with zero attached hydrogens (tertiary/aromatic N) is 1. The monoisotopic (exact) mass is 316 g/mol. The maximum atomic E-state index is 11.7. The number of allylic oxidation sites excluding steroid dienone is 1. The number of carbonyl (C=O) groups excluding carboxylic acids is 1. The summed E-state index contributed by atoms with van der Waals surface area (Å²) in [5, 5.41) is 6.66. The first-order chi connectivity index (χ1) is 11.3. The van der Waals surface area contributed by atoms with Crippen LogP contribution in [0.15, 0.2) is 41.1 Å². The smallest absolute Gasteiger partial charge is 0.260 e. The van der Waals surface area contributed by atoms with Crippen molar-refractivity contribution in [1.29, 1.82) is 0 Å².